The SMILES string of the molecule is N#Cc1ccc2c(c1-c1ccc3c(c1)OCO3)CCC2. The third-order valence-electron chi connectivity index (χ3n) is 4.06. The summed E-state index contributed by atoms with van der Waals surface area (Å²) < 4.78 is 10.8. The molecule has 0 fully saturated rings. The van der Waals surface area contributed by atoms with Crippen molar-refractivity contribution in [3.8, 4) is 28.7 Å². The molecule has 1 heterocycles. The van der Waals surface area contributed by atoms with Gasteiger partial charge in [-0.25, -0.2) is 0 Å². The van der Waals surface area contributed by atoms with E-state index in [0.29, 0.717) is 0 Å². The summed E-state index contributed by atoms with van der Waals surface area (Å²) in [6.07, 6.45) is 3.33. The van der Waals surface area contributed by atoms with E-state index in [2.05, 4.69) is 12.1 Å². The minimum absolute atomic E-state index is 0.275. The zero-order valence-corrected chi connectivity index (χ0v) is 11.0. The molecule has 0 saturated heterocycles. The van der Waals surface area contributed by atoms with Crippen molar-refractivity contribution in [3.05, 3.63) is 47.0 Å². The summed E-state index contributed by atoms with van der Waals surface area (Å²) in [5.74, 6) is 1.54. The fraction of sp³-hybridized carbons (Fsp3) is 0.235. The second-order valence-corrected chi connectivity index (χ2v) is 5.16. The maximum absolute atomic E-state index is 9.40. The van der Waals surface area contributed by atoms with Crippen LogP contribution in [0.2, 0.25) is 0 Å². The lowest BCUT2D eigenvalue weighted by atomic mass is 9.92. The van der Waals surface area contributed by atoms with E-state index >= 15 is 0 Å². The molecular weight excluding hydrogens is 250 g/mol. The molecule has 0 N–H and O–H groups in total. The van der Waals surface area contributed by atoms with Crippen LogP contribution >= 0.6 is 0 Å². The van der Waals surface area contributed by atoms with Crippen LogP contribution in [-0.2, 0) is 12.8 Å². The van der Waals surface area contributed by atoms with Crippen molar-refractivity contribution in [2.75, 3.05) is 6.79 Å². The predicted octanol–water partition coefficient (Wildman–Crippen LogP) is 3.44. The van der Waals surface area contributed by atoms with Crippen LogP contribution in [0.15, 0.2) is 30.3 Å². The van der Waals surface area contributed by atoms with Gasteiger partial charge in [-0.3, -0.25) is 0 Å². The lowest BCUT2D eigenvalue weighted by molar-refractivity contribution is 0.174. The van der Waals surface area contributed by atoms with Crippen LogP contribution in [0.5, 0.6) is 11.5 Å². The van der Waals surface area contributed by atoms with E-state index < -0.39 is 0 Å². The van der Waals surface area contributed by atoms with Crippen molar-refractivity contribution in [1.82, 2.24) is 0 Å². The second-order valence-electron chi connectivity index (χ2n) is 5.16. The van der Waals surface area contributed by atoms with Gasteiger partial charge in [0.05, 0.1) is 11.6 Å². The molecule has 0 unspecified atom stereocenters. The quantitative estimate of drug-likeness (QED) is 0.791. The van der Waals surface area contributed by atoms with Gasteiger partial charge in [-0.15, -0.1) is 0 Å². The summed E-state index contributed by atoms with van der Waals surface area (Å²) in [7, 11) is 0. The Hall–Kier alpha value is -2.47. The van der Waals surface area contributed by atoms with E-state index in [1.165, 1.54) is 17.5 Å². The Labute approximate surface area is 117 Å². The van der Waals surface area contributed by atoms with Crippen molar-refractivity contribution in [3.63, 3.8) is 0 Å². The van der Waals surface area contributed by atoms with E-state index in [4.69, 9.17) is 9.47 Å². The van der Waals surface area contributed by atoms with Gasteiger partial charge < -0.3 is 9.47 Å². The van der Waals surface area contributed by atoms with E-state index in [1.54, 1.807) is 0 Å². The third kappa shape index (κ3) is 1.58. The van der Waals surface area contributed by atoms with E-state index in [1.807, 2.05) is 24.3 Å². The van der Waals surface area contributed by atoms with Gasteiger partial charge in [-0.1, -0.05) is 12.1 Å². The molecule has 0 aromatic heterocycles. The van der Waals surface area contributed by atoms with Crippen LogP contribution in [0.4, 0.5) is 0 Å². The molecule has 0 radical (unpaired) electrons. The molecule has 20 heavy (non-hydrogen) atoms. The first-order chi connectivity index (χ1) is 9.86. The topological polar surface area (TPSA) is 42.2 Å². The number of nitriles is 1. The standard InChI is InChI=1S/C17H13NO2/c18-9-13-5-4-11-2-1-3-14(11)17(13)12-6-7-15-16(8-12)20-10-19-15/h4-8H,1-3,10H2. The Balaban J connectivity index is 1.94. The van der Waals surface area contributed by atoms with Crippen molar-refractivity contribution in [2.24, 2.45) is 0 Å². The summed E-state index contributed by atoms with van der Waals surface area (Å²) in [6, 6.07) is 12.3. The van der Waals surface area contributed by atoms with Gasteiger partial charge >= 0.3 is 0 Å². The second kappa shape index (κ2) is 4.28. The number of hydrogen-bond acceptors (Lipinski definition) is 3. The average Bonchev–Trinajstić information content (AvgIpc) is 3.13. The summed E-state index contributed by atoms with van der Waals surface area (Å²) in [5, 5.41) is 9.40. The van der Waals surface area contributed by atoms with Gasteiger partial charge in [-0.05, 0) is 54.2 Å². The van der Waals surface area contributed by atoms with Crippen molar-refractivity contribution >= 4 is 0 Å². The number of ether oxygens (including phenoxy) is 2. The normalized spacial score (nSPS) is 14.9. The highest BCUT2D eigenvalue weighted by Crippen LogP contribution is 2.40. The Bertz CT molecular complexity index is 743. The van der Waals surface area contributed by atoms with Gasteiger partial charge in [-0.2, -0.15) is 5.26 Å². The van der Waals surface area contributed by atoms with Gasteiger partial charge in [0.2, 0.25) is 6.79 Å². The fourth-order valence-electron chi connectivity index (χ4n) is 3.14. The molecule has 3 nitrogen and oxygen atoms in total. The highest BCUT2D eigenvalue weighted by molar-refractivity contribution is 5.77. The Morgan fingerprint density at radius 3 is 2.80 bits per heavy atom. The zero-order chi connectivity index (χ0) is 13.5. The monoisotopic (exact) mass is 263 g/mol. The van der Waals surface area contributed by atoms with Crippen LogP contribution in [-0.4, -0.2) is 6.79 Å². The van der Waals surface area contributed by atoms with Crippen LogP contribution in [0.1, 0.15) is 23.1 Å². The van der Waals surface area contributed by atoms with Crippen LogP contribution in [0, 0.1) is 11.3 Å². The van der Waals surface area contributed by atoms with Crippen LogP contribution < -0.4 is 9.47 Å². The average molecular weight is 263 g/mol. The molecule has 1 aliphatic heterocycles. The maximum atomic E-state index is 9.40. The maximum Gasteiger partial charge on any atom is 0.231 e. The number of rotatable bonds is 1. The van der Waals surface area contributed by atoms with Crippen LogP contribution in [0.3, 0.4) is 0 Å². The third-order valence-corrected chi connectivity index (χ3v) is 4.06. The van der Waals surface area contributed by atoms with Crippen molar-refractivity contribution in [2.45, 2.75) is 19.3 Å². The Morgan fingerprint density at radius 1 is 1.00 bits per heavy atom. The molecule has 0 spiro atoms. The first-order valence-electron chi connectivity index (χ1n) is 6.82. The van der Waals surface area contributed by atoms with Gasteiger partial charge in [0.15, 0.2) is 11.5 Å². The summed E-state index contributed by atoms with van der Waals surface area (Å²) in [5.41, 5.74) is 5.55. The molecular formula is C17H13NO2. The highest BCUT2D eigenvalue weighted by Gasteiger charge is 2.21. The van der Waals surface area contributed by atoms with Crippen LogP contribution in [0.25, 0.3) is 11.1 Å². The van der Waals surface area contributed by atoms with E-state index in [-0.39, 0.29) is 6.79 Å². The number of benzene rings is 2. The largest absolute Gasteiger partial charge is 0.454 e. The summed E-state index contributed by atoms with van der Waals surface area (Å²) >= 11 is 0. The molecule has 0 saturated carbocycles. The zero-order valence-electron chi connectivity index (χ0n) is 11.0. The van der Waals surface area contributed by atoms with E-state index in [0.717, 1.165) is 41.0 Å². The lowest BCUT2D eigenvalue weighted by Gasteiger charge is -2.11. The van der Waals surface area contributed by atoms with Crippen molar-refractivity contribution in [1.29, 1.82) is 5.26 Å². The first kappa shape index (κ1) is 11.4. The molecule has 4 rings (SSSR count). The Morgan fingerprint density at radius 2 is 1.90 bits per heavy atom. The number of hydrogen-bond donors (Lipinski definition) is 0. The molecule has 2 aromatic rings. The minimum Gasteiger partial charge on any atom is -0.454 e. The van der Waals surface area contributed by atoms with E-state index in [9.17, 15) is 5.26 Å². The summed E-state index contributed by atoms with van der Waals surface area (Å²) in [4.78, 5) is 0. The summed E-state index contributed by atoms with van der Waals surface area (Å²) in [6.45, 7) is 0.275. The van der Waals surface area contributed by atoms with Gasteiger partial charge in [0, 0.05) is 5.56 Å². The smallest absolute Gasteiger partial charge is 0.231 e. The number of aryl methyl sites for hydroxylation is 1. The highest BCUT2D eigenvalue weighted by atomic mass is 16.7. The lowest BCUT2D eigenvalue weighted by Crippen LogP contribution is -1.94. The van der Waals surface area contributed by atoms with Gasteiger partial charge in [0.25, 0.3) is 0 Å². The van der Waals surface area contributed by atoms with Crippen molar-refractivity contribution < 1.29 is 9.47 Å². The van der Waals surface area contributed by atoms with Gasteiger partial charge in [0.1, 0.15) is 0 Å². The molecule has 1 aliphatic carbocycles. The minimum atomic E-state index is 0.275. The molecule has 0 amide bonds. The molecule has 0 bridgehead atoms. The number of nitrogens with zero attached hydrogens (tertiary/aromatic N) is 1. The molecule has 98 valence electrons. The number of fused-ring (bicyclic) bond motifs is 2. The molecule has 0 atom stereocenters. The molecule has 2 aliphatic rings. The fourth-order valence-corrected chi connectivity index (χ4v) is 3.14. The molecule has 3 heteroatoms. The Kier molecular flexibility index (Phi) is 2.43. The first-order valence-corrected chi connectivity index (χ1v) is 6.82. The molecule has 2 aromatic carbocycles. The predicted molar refractivity (Wildman–Crippen MR) is 74.7 cm³/mol.